The number of ether oxygens (including phenoxy) is 2. The summed E-state index contributed by atoms with van der Waals surface area (Å²) in [6.07, 6.45) is 3.01. The number of fused-ring (bicyclic) bond motifs is 3. The van der Waals surface area contributed by atoms with E-state index in [0.29, 0.717) is 17.2 Å². The van der Waals surface area contributed by atoms with E-state index in [1.807, 2.05) is 12.1 Å². The van der Waals surface area contributed by atoms with Gasteiger partial charge in [0.25, 0.3) is 5.91 Å². The van der Waals surface area contributed by atoms with Crippen LogP contribution in [0.2, 0.25) is 0 Å². The number of thiazole rings is 1. The predicted octanol–water partition coefficient (Wildman–Crippen LogP) is 4.05. The number of thiophene rings is 1. The average molecular weight is 387 g/mol. The van der Waals surface area contributed by atoms with E-state index in [2.05, 4.69) is 17.2 Å². The van der Waals surface area contributed by atoms with E-state index in [0.717, 1.165) is 50.9 Å². The first-order valence-corrected chi connectivity index (χ1v) is 10.1. The van der Waals surface area contributed by atoms with Gasteiger partial charge in [-0.1, -0.05) is 18.3 Å². The van der Waals surface area contributed by atoms with Crippen molar-refractivity contribution in [2.45, 2.75) is 26.2 Å². The van der Waals surface area contributed by atoms with E-state index >= 15 is 0 Å². The van der Waals surface area contributed by atoms with Crippen molar-refractivity contribution in [2.24, 2.45) is 11.7 Å². The summed E-state index contributed by atoms with van der Waals surface area (Å²) in [6.45, 7) is 2.50. The molecule has 3 aromatic rings. The fourth-order valence-corrected chi connectivity index (χ4v) is 5.93. The highest BCUT2D eigenvalue weighted by molar-refractivity contribution is 7.23. The zero-order chi connectivity index (χ0) is 17.8. The molecule has 0 spiro atoms. The van der Waals surface area contributed by atoms with Crippen molar-refractivity contribution in [3.05, 3.63) is 28.1 Å². The second-order valence-corrected chi connectivity index (χ2v) is 8.87. The van der Waals surface area contributed by atoms with Gasteiger partial charge in [0.1, 0.15) is 5.00 Å². The molecule has 0 bridgehead atoms. The van der Waals surface area contributed by atoms with Crippen LogP contribution >= 0.6 is 22.7 Å². The molecule has 0 radical (unpaired) electrons. The second-order valence-electron chi connectivity index (χ2n) is 6.74. The third kappa shape index (κ3) is 2.52. The predicted molar refractivity (Wildman–Crippen MR) is 103 cm³/mol. The standard InChI is InChI=1S/C18H17N3O3S2/c1-8-2-3-9-13(4-8)25-17(15(9)16(19)22)21-18-20-10-5-11-12(24-7-23-11)6-14(10)26-18/h5-6,8H,2-4,7H2,1H3,(H2,19,22)(H,20,21)/t8-/m1/s1. The summed E-state index contributed by atoms with van der Waals surface area (Å²) in [7, 11) is 0. The molecule has 1 aliphatic carbocycles. The number of hydrogen-bond acceptors (Lipinski definition) is 7. The molecule has 26 heavy (non-hydrogen) atoms. The largest absolute Gasteiger partial charge is 0.454 e. The molecule has 2 aliphatic rings. The van der Waals surface area contributed by atoms with Crippen LogP contribution in [0.25, 0.3) is 10.2 Å². The number of rotatable bonds is 3. The maximum Gasteiger partial charge on any atom is 0.251 e. The molecular formula is C18H17N3O3S2. The molecule has 3 N–H and O–H groups in total. The fraction of sp³-hybridized carbons (Fsp3) is 0.333. The van der Waals surface area contributed by atoms with E-state index in [1.54, 1.807) is 11.3 Å². The number of nitrogens with zero attached hydrogens (tertiary/aromatic N) is 1. The number of anilines is 2. The summed E-state index contributed by atoms with van der Waals surface area (Å²) in [6, 6.07) is 3.83. The van der Waals surface area contributed by atoms with E-state index in [-0.39, 0.29) is 12.7 Å². The van der Waals surface area contributed by atoms with E-state index in [9.17, 15) is 4.79 Å². The van der Waals surface area contributed by atoms with Crippen molar-refractivity contribution in [1.29, 1.82) is 0 Å². The van der Waals surface area contributed by atoms with Crippen LogP contribution in [0.1, 0.15) is 34.1 Å². The Bertz CT molecular complexity index is 999. The number of carbonyl (C=O) groups excluding carboxylic acids is 1. The van der Waals surface area contributed by atoms with Crippen molar-refractivity contribution >= 4 is 48.9 Å². The van der Waals surface area contributed by atoms with Crippen LogP contribution in [0.5, 0.6) is 11.5 Å². The zero-order valence-electron chi connectivity index (χ0n) is 14.1. The van der Waals surface area contributed by atoms with Crippen molar-refractivity contribution in [1.82, 2.24) is 4.98 Å². The molecule has 1 aliphatic heterocycles. The molecule has 6 nitrogen and oxygen atoms in total. The van der Waals surface area contributed by atoms with E-state index in [1.165, 1.54) is 16.2 Å². The van der Waals surface area contributed by atoms with Crippen molar-refractivity contribution in [3.8, 4) is 11.5 Å². The lowest BCUT2D eigenvalue weighted by Crippen LogP contribution is -2.17. The van der Waals surface area contributed by atoms with Gasteiger partial charge in [0, 0.05) is 17.0 Å². The molecule has 2 aromatic heterocycles. The van der Waals surface area contributed by atoms with Crippen LogP contribution in [-0.4, -0.2) is 17.7 Å². The van der Waals surface area contributed by atoms with Crippen LogP contribution < -0.4 is 20.5 Å². The minimum Gasteiger partial charge on any atom is -0.454 e. The minimum atomic E-state index is -0.374. The first kappa shape index (κ1) is 15.9. The lowest BCUT2D eigenvalue weighted by Gasteiger charge is -2.18. The summed E-state index contributed by atoms with van der Waals surface area (Å²) < 4.78 is 11.8. The first-order valence-electron chi connectivity index (χ1n) is 8.50. The van der Waals surface area contributed by atoms with Crippen molar-refractivity contribution in [2.75, 3.05) is 12.1 Å². The van der Waals surface area contributed by atoms with Crippen LogP contribution in [0, 0.1) is 5.92 Å². The van der Waals surface area contributed by atoms with Gasteiger partial charge in [-0.25, -0.2) is 4.98 Å². The summed E-state index contributed by atoms with van der Waals surface area (Å²) in [5.41, 5.74) is 8.28. The number of nitrogens with two attached hydrogens (primary N) is 1. The fourth-order valence-electron chi connectivity index (χ4n) is 3.57. The number of amides is 1. The normalized spacial score (nSPS) is 18.1. The highest BCUT2D eigenvalue weighted by atomic mass is 32.1. The maximum atomic E-state index is 12.1. The van der Waals surface area contributed by atoms with Gasteiger partial charge >= 0.3 is 0 Å². The summed E-state index contributed by atoms with van der Waals surface area (Å²) in [5.74, 6) is 1.72. The Morgan fingerprint density at radius 1 is 1.31 bits per heavy atom. The third-order valence-electron chi connectivity index (χ3n) is 4.86. The third-order valence-corrected chi connectivity index (χ3v) is 6.96. The Hall–Kier alpha value is -2.32. The first-order chi connectivity index (χ1) is 12.6. The molecule has 0 unspecified atom stereocenters. The van der Waals surface area contributed by atoms with E-state index < -0.39 is 0 Å². The quantitative estimate of drug-likeness (QED) is 0.708. The molecule has 0 fully saturated rings. The lowest BCUT2D eigenvalue weighted by atomic mass is 9.88. The second kappa shape index (κ2) is 5.85. The van der Waals surface area contributed by atoms with Gasteiger partial charge in [0.05, 0.1) is 15.8 Å². The van der Waals surface area contributed by atoms with Gasteiger partial charge in [-0.15, -0.1) is 11.3 Å². The highest BCUT2D eigenvalue weighted by Gasteiger charge is 2.27. The Morgan fingerprint density at radius 2 is 2.12 bits per heavy atom. The lowest BCUT2D eigenvalue weighted by molar-refractivity contribution is 0.1000. The van der Waals surface area contributed by atoms with Crippen molar-refractivity contribution in [3.63, 3.8) is 0 Å². The minimum absolute atomic E-state index is 0.249. The number of aromatic nitrogens is 1. The number of carbonyl (C=O) groups is 1. The number of nitrogens with one attached hydrogen (secondary N) is 1. The molecular weight excluding hydrogens is 370 g/mol. The van der Waals surface area contributed by atoms with Gasteiger partial charge in [0.2, 0.25) is 6.79 Å². The van der Waals surface area contributed by atoms with Crippen LogP contribution in [0.15, 0.2) is 12.1 Å². The monoisotopic (exact) mass is 387 g/mol. The SMILES string of the molecule is C[C@@H]1CCc2c(sc(Nc3nc4cc5c(cc4s3)OCO5)c2C(N)=O)C1. The summed E-state index contributed by atoms with van der Waals surface area (Å²) in [4.78, 5) is 18.0. The Kier molecular flexibility index (Phi) is 3.58. The highest BCUT2D eigenvalue weighted by Crippen LogP contribution is 2.43. The number of benzene rings is 1. The smallest absolute Gasteiger partial charge is 0.251 e. The molecule has 134 valence electrons. The van der Waals surface area contributed by atoms with Gasteiger partial charge in [-0.2, -0.15) is 0 Å². The topological polar surface area (TPSA) is 86.5 Å². The molecule has 0 saturated heterocycles. The van der Waals surface area contributed by atoms with Crippen LogP contribution in [-0.2, 0) is 12.8 Å². The average Bonchev–Trinajstić information content (AvgIpc) is 3.27. The molecule has 8 heteroatoms. The molecule has 1 aromatic carbocycles. The molecule has 0 saturated carbocycles. The van der Waals surface area contributed by atoms with Gasteiger partial charge in [-0.3, -0.25) is 4.79 Å². The number of hydrogen-bond donors (Lipinski definition) is 2. The van der Waals surface area contributed by atoms with Crippen LogP contribution in [0.3, 0.4) is 0 Å². The Morgan fingerprint density at radius 3 is 2.92 bits per heavy atom. The maximum absolute atomic E-state index is 12.1. The van der Waals surface area contributed by atoms with E-state index in [4.69, 9.17) is 15.2 Å². The van der Waals surface area contributed by atoms with Crippen LogP contribution in [0.4, 0.5) is 10.1 Å². The Balaban J connectivity index is 1.53. The molecule has 5 rings (SSSR count). The van der Waals surface area contributed by atoms with Gasteiger partial charge in [-0.05, 0) is 30.7 Å². The molecule has 3 heterocycles. The van der Waals surface area contributed by atoms with Gasteiger partial charge < -0.3 is 20.5 Å². The number of primary amides is 1. The molecule has 1 atom stereocenters. The van der Waals surface area contributed by atoms with Crippen molar-refractivity contribution < 1.29 is 14.3 Å². The molecule has 1 amide bonds. The summed E-state index contributed by atoms with van der Waals surface area (Å²) in [5, 5.41) is 4.87. The Labute approximate surface area is 157 Å². The van der Waals surface area contributed by atoms with Gasteiger partial charge in [0.15, 0.2) is 16.6 Å². The zero-order valence-corrected chi connectivity index (χ0v) is 15.8. The summed E-state index contributed by atoms with van der Waals surface area (Å²) >= 11 is 3.15.